The maximum Gasteiger partial charge on any atom is 0.358 e. The molecule has 1 atom stereocenters. The van der Waals surface area contributed by atoms with Gasteiger partial charge in [0, 0.05) is 12.0 Å². The van der Waals surface area contributed by atoms with Crippen LogP contribution >= 0.6 is 27.5 Å². The minimum atomic E-state index is -0.492. The third kappa shape index (κ3) is 3.64. The van der Waals surface area contributed by atoms with Gasteiger partial charge in [-0.3, -0.25) is 0 Å². The molecule has 1 unspecified atom stereocenters. The summed E-state index contributed by atoms with van der Waals surface area (Å²) in [6, 6.07) is 4.70. The van der Waals surface area contributed by atoms with Crippen LogP contribution in [0.5, 0.6) is 0 Å². The first-order valence-electron chi connectivity index (χ1n) is 7.67. The van der Waals surface area contributed by atoms with Crippen molar-refractivity contribution in [2.45, 2.75) is 39.7 Å². The van der Waals surface area contributed by atoms with Crippen LogP contribution in [0.25, 0.3) is 0 Å². The zero-order valence-electron chi connectivity index (χ0n) is 13.9. The van der Waals surface area contributed by atoms with Crippen LogP contribution in [0.15, 0.2) is 22.9 Å². The molecule has 24 heavy (non-hydrogen) atoms. The maximum absolute atomic E-state index is 13.8. The van der Waals surface area contributed by atoms with E-state index in [1.165, 1.54) is 12.1 Å². The van der Waals surface area contributed by atoms with Crippen molar-refractivity contribution in [3.63, 3.8) is 0 Å². The predicted molar refractivity (Wildman–Crippen MR) is 95.2 cm³/mol. The van der Waals surface area contributed by atoms with E-state index in [1.807, 2.05) is 25.3 Å². The molecule has 0 amide bonds. The lowest BCUT2D eigenvalue weighted by Gasteiger charge is -2.20. The second kappa shape index (κ2) is 7.66. The van der Waals surface area contributed by atoms with Crippen LogP contribution in [0.1, 0.15) is 61.4 Å². The number of nitrogens with zero attached hydrogens (tertiary/aromatic N) is 2. The van der Waals surface area contributed by atoms with Gasteiger partial charge < -0.3 is 9.30 Å². The number of aromatic nitrogens is 2. The Morgan fingerprint density at radius 1 is 1.42 bits per heavy atom. The summed E-state index contributed by atoms with van der Waals surface area (Å²) in [5.41, 5.74) is 1.62. The SMILES string of the molecule is CCOC(=O)c1nc(Br)n(C(C)C)c1C(C)c1ccc(Cl)c(F)c1. The van der Waals surface area contributed by atoms with Gasteiger partial charge >= 0.3 is 5.97 Å². The fourth-order valence-electron chi connectivity index (χ4n) is 2.61. The fraction of sp³-hybridized carbons (Fsp3) is 0.412. The van der Waals surface area contributed by atoms with E-state index in [0.717, 1.165) is 0 Å². The minimum Gasteiger partial charge on any atom is -0.461 e. The molecule has 2 aromatic rings. The van der Waals surface area contributed by atoms with E-state index in [2.05, 4.69) is 20.9 Å². The zero-order chi connectivity index (χ0) is 18.0. The van der Waals surface area contributed by atoms with Gasteiger partial charge in [0.05, 0.1) is 17.3 Å². The second-order valence-corrected chi connectivity index (χ2v) is 6.81. The molecule has 0 aliphatic carbocycles. The Morgan fingerprint density at radius 2 is 2.08 bits per heavy atom. The summed E-state index contributed by atoms with van der Waals surface area (Å²) in [7, 11) is 0. The monoisotopic (exact) mass is 416 g/mol. The van der Waals surface area contributed by atoms with Crippen LogP contribution in [0.2, 0.25) is 5.02 Å². The van der Waals surface area contributed by atoms with Crippen molar-refractivity contribution in [1.82, 2.24) is 9.55 Å². The number of halogens is 3. The molecule has 1 aromatic carbocycles. The van der Waals surface area contributed by atoms with Crippen LogP contribution < -0.4 is 0 Å². The van der Waals surface area contributed by atoms with Crippen molar-refractivity contribution in [1.29, 1.82) is 0 Å². The van der Waals surface area contributed by atoms with Gasteiger partial charge in [-0.15, -0.1) is 0 Å². The molecular weight excluding hydrogens is 399 g/mol. The van der Waals surface area contributed by atoms with Gasteiger partial charge in [-0.25, -0.2) is 14.2 Å². The molecule has 130 valence electrons. The first kappa shape index (κ1) is 18.9. The van der Waals surface area contributed by atoms with Gasteiger partial charge in [-0.05, 0) is 54.4 Å². The smallest absolute Gasteiger partial charge is 0.358 e. The molecule has 0 fully saturated rings. The number of carbonyl (C=O) groups is 1. The van der Waals surface area contributed by atoms with E-state index < -0.39 is 11.8 Å². The Kier molecular flexibility index (Phi) is 6.04. The number of rotatable bonds is 5. The maximum atomic E-state index is 13.8. The van der Waals surface area contributed by atoms with E-state index in [4.69, 9.17) is 16.3 Å². The Labute approximate surface area is 154 Å². The lowest BCUT2D eigenvalue weighted by molar-refractivity contribution is 0.0518. The first-order chi connectivity index (χ1) is 11.3. The van der Waals surface area contributed by atoms with Crippen molar-refractivity contribution < 1.29 is 13.9 Å². The van der Waals surface area contributed by atoms with Crippen molar-refractivity contribution in [2.75, 3.05) is 6.61 Å². The highest BCUT2D eigenvalue weighted by Gasteiger charge is 2.28. The number of benzene rings is 1. The third-order valence-corrected chi connectivity index (χ3v) is 4.61. The minimum absolute atomic E-state index is 0.0599. The number of esters is 1. The molecule has 0 bridgehead atoms. The van der Waals surface area contributed by atoms with Gasteiger partial charge in [0.2, 0.25) is 0 Å². The van der Waals surface area contributed by atoms with E-state index in [-0.39, 0.29) is 29.3 Å². The second-order valence-electron chi connectivity index (χ2n) is 5.69. The standard InChI is InChI=1S/C17H19BrClFN2O2/c1-5-24-16(23)14-15(22(9(2)3)17(18)21-14)10(4)11-6-7-12(19)13(20)8-11/h6-10H,5H2,1-4H3. The topological polar surface area (TPSA) is 44.1 Å². The molecule has 0 radical (unpaired) electrons. The summed E-state index contributed by atoms with van der Waals surface area (Å²) < 4.78 is 21.4. The van der Waals surface area contributed by atoms with Gasteiger partial charge in [-0.2, -0.15) is 0 Å². The summed E-state index contributed by atoms with van der Waals surface area (Å²) >= 11 is 9.17. The lowest BCUT2D eigenvalue weighted by atomic mass is 9.95. The lowest BCUT2D eigenvalue weighted by Crippen LogP contribution is -2.15. The van der Waals surface area contributed by atoms with Crippen LogP contribution in [0, 0.1) is 5.82 Å². The summed E-state index contributed by atoms with van der Waals surface area (Å²) in [5.74, 6) is -1.25. The van der Waals surface area contributed by atoms with E-state index >= 15 is 0 Å². The number of ether oxygens (including phenoxy) is 1. The Bertz CT molecular complexity index is 761. The molecule has 0 aliphatic rings. The molecule has 4 nitrogen and oxygen atoms in total. The van der Waals surface area contributed by atoms with Crippen LogP contribution in [0.3, 0.4) is 0 Å². The normalized spacial score (nSPS) is 12.5. The van der Waals surface area contributed by atoms with Gasteiger partial charge in [0.15, 0.2) is 10.4 Å². The highest BCUT2D eigenvalue weighted by Crippen LogP contribution is 2.33. The Balaban J connectivity index is 2.60. The van der Waals surface area contributed by atoms with Gasteiger partial charge in [0.25, 0.3) is 0 Å². The van der Waals surface area contributed by atoms with Gasteiger partial charge in [0.1, 0.15) is 5.82 Å². The van der Waals surface area contributed by atoms with E-state index in [1.54, 1.807) is 13.0 Å². The highest BCUT2D eigenvalue weighted by atomic mass is 79.9. The number of imidazole rings is 1. The highest BCUT2D eigenvalue weighted by molar-refractivity contribution is 9.10. The van der Waals surface area contributed by atoms with Crippen LogP contribution in [-0.4, -0.2) is 22.1 Å². The number of carbonyl (C=O) groups excluding carboxylic acids is 1. The van der Waals surface area contributed by atoms with Crippen molar-refractivity contribution in [2.24, 2.45) is 0 Å². The average molecular weight is 418 g/mol. The van der Waals surface area contributed by atoms with Gasteiger partial charge in [-0.1, -0.05) is 24.6 Å². The molecule has 0 N–H and O–H groups in total. The molecule has 0 spiro atoms. The fourth-order valence-corrected chi connectivity index (χ4v) is 3.51. The molecule has 7 heteroatoms. The molecule has 0 aliphatic heterocycles. The summed E-state index contributed by atoms with van der Waals surface area (Å²) in [4.78, 5) is 16.6. The van der Waals surface area contributed by atoms with E-state index in [9.17, 15) is 9.18 Å². The van der Waals surface area contributed by atoms with Crippen LogP contribution in [-0.2, 0) is 4.74 Å². The molecular formula is C17H19BrClFN2O2. The largest absolute Gasteiger partial charge is 0.461 e. The summed E-state index contributed by atoms with van der Waals surface area (Å²) in [6.45, 7) is 7.87. The first-order valence-corrected chi connectivity index (χ1v) is 8.84. The third-order valence-electron chi connectivity index (χ3n) is 3.74. The average Bonchev–Trinajstić information content (AvgIpc) is 2.87. The molecule has 1 aromatic heterocycles. The molecule has 2 rings (SSSR count). The van der Waals surface area contributed by atoms with E-state index in [0.29, 0.717) is 16.0 Å². The quantitative estimate of drug-likeness (QED) is 0.616. The predicted octanol–water partition coefficient (Wildman–Crippen LogP) is 5.35. The Morgan fingerprint density at radius 3 is 2.62 bits per heavy atom. The van der Waals surface area contributed by atoms with Crippen molar-refractivity contribution in [3.8, 4) is 0 Å². The zero-order valence-corrected chi connectivity index (χ0v) is 16.3. The number of hydrogen-bond donors (Lipinski definition) is 0. The Hall–Kier alpha value is -1.40. The molecule has 0 saturated carbocycles. The molecule has 0 saturated heterocycles. The number of hydrogen-bond acceptors (Lipinski definition) is 3. The summed E-state index contributed by atoms with van der Waals surface area (Å²) in [6.07, 6.45) is 0. The van der Waals surface area contributed by atoms with Crippen LogP contribution in [0.4, 0.5) is 4.39 Å². The summed E-state index contributed by atoms with van der Waals surface area (Å²) in [5, 5.41) is 0.0649. The molecule has 1 heterocycles. The van der Waals surface area contributed by atoms with Crippen molar-refractivity contribution in [3.05, 3.63) is 50.7 Å². The van der Waals surface area contributed by atoms with Crippen molar-refractivity contribution >= 4 is 33.5 Å².